The average molecular weight is 933 g/mol. The van der Waals surface area contributed by atoms with E-state index in [1.165, 1.54) is 138 Å². The highest BCUT2D eigenvalue weighted by Crippen LogP contribution is 2.54. The van der Waals surface area contributed by atoms with Crippen molar-refractivity contribution in [1.82, 2.24) is 0 Å². The van der Waals surface area contributed by atoms with Crippen LogP contribution in [0.5, 0.6) is 0 Å². The average Bonchev–Trinajstić information content (AvgIpc) is 3.62. The Morgan fingerprint density at radius 1 is 0.493 bits per heavy atom. The van der Waals surface area contributed by atoms with Crippen molar-refractivity contribution in [2.45, 2.75) is 207 Å². The molecule has 0 spiro atoms. The number of benzene rings is 5. The maximum Gasteiger partial charge on any atom is 0.257 e. The maximum atomic E-state index is 7.66. The minimum atomic E-state index is -1.93. The minimum Gasteiger partial charge on any atom is -0.440 e. The zero-order chi connectivity index (χ0) is 49.7. The largest absolute Gasteiger partial charge is 0.440 e. The van der Waals surface area contributed by atoms with Crippen LogP contribution in [0.2, 0.25) is 19.6 Å². The fourth-order valence-corrected chi connectivity index (χ4v) is 14.8. The molecule has 11 rings (SSSR count). The summed E-state index contributed by atoms with van der Waals surface area (Å²) in [7, 11) is -1.93. The molecule has 0 amide bonds. The predicted molar refractivity (Wildman–Crippen MR) is 303 cm³/mol. The normalized spacial score (nSPS) is 20.9. The van der Waals surface area contributed by atoms with Crippen LogP contribution < -0.4 is 31.4 Å². The summed E-state index contributed by atoms with van der Waals surface area (Å²) in [5.74, 6) is 0.986. The van der Waals surface area contributed by atoms with Crippen molar-refractivity contribution in [1.29, 1.82) is 0 Å². The van der Waals surface area contributed by atoms with Crippen LogP contribution in [0.25, 0.3) is 11.0 Å². The van der Waals surface area contributed by atoms with Crippen LogP contribution in [-0.4, -0.2) is 14.8 Å². The van der Waals surface area contributed by atoms with Crippen molar-refractivity contribution in [3.8, 4) is 0 Å². The lowest BCUT2D eigenvalue weighted by atomic mass is 9.33. The van der Waals surface area contributed by atoms with E-state index in [1.54, 1.807) is 0 Å². The van der Waals surface area contributed by atoms with E-state index < -0.39 is 8.07 Å². The summed E-state index contributed by atoms with van der Waals surface area (Å²) >= 11 is 0. The van der Waals surface area contributed by atoms with Crippen molar-refractivity contribution in [2.24, 2.45) is 0 Å². The lowest BCUT2D eigenvalue weighted by Gasteiger charge is -2.47. The summed E-state index contributed by atoms with van der Waals surface area (Å²) in [6, 6.07) is 30.6. The first-order valence-corrected chi connectivity index (χ1v) is 30.2. The van der Waals surface area contributed by atoms with Gasteiger partial charge < -0.3 is 9.32 Å². The number of hydrogen-bond acceptors (Lipinski definition) is 3. The molecule has 69 heavy (non-hydrogen) atoms. The highest BCUT2D eigenvalue weighted by atomic mass is 28.3. The van der Waals surface area contributed by atoms with Crippen LogP contribution in [0.1, 0.15) is 187 Å². The second kappa shape index (κ2) is 14.4. The Morgan fingerprint density at radius 2 is 0.986 bits per heavy atom. The summed E-state index contributed by atoms with van der Waals surface area (Å²) in [6.07, 6.45) is 7.07. The van der Waals surface area contributed by atoms with Crippen LogP contribution in [0.15, 0.2) is 77.2 Å². The zero-order valence-corrected chi connectivity index (χ0v) is 47.1. The third-order valence-electron chi connectivity index (χ3n) is 18.9. The molecule has 2 aliphatic heterocycles. The minimum absolute atomic E-state index is 0.0285. The molecule has 3 aliphatic carbocycles. The van der Waals surface area contributed by atoms with Crippen LogP contribution in [0, 0.1) is 6.92 Å². The smallest absolute Gasteiger partial charge is 0.257 e. The highest BCUT2D eigenvalue weighted by Gasteiger charge is 2.50. The molecule has 1 aromatic heterocycles. The van der Waals surface area contributed by atoms with Gasteiger partial charge in [0.2, 0.25) is 5.88 Å². The van der Waals surface area contributed by atoms with Gasteiger partial charge in [0.25, 0.3) is 6.71 Å². The quantitative estimate of drug-likeness (QED) is 0.165. The summed E-state index contributed by atoms with van der Waals surface area (Å²) in [5, 5.41) is 2.74. The van der Waals surface area contributed by atoms with E-state index >= 15 is 0 Å². The Balaban J connectivity index is 1.32. The van der Waals surface area contributed by atoms with Gasteiger partial charge in [0.05, 0.1) is 13.8 Å². The Morgan fingerprint density at radius 3 is 1.52 bits per heavy atom. The second-order valence-electron chi connectivity index (χ2n) is 28.7. The van der Waals surface area contributed by atoms with Crippen LogP contribution >= 0.6 is 0 Å². The maximum absolute atomic E-state index is 7.66. The first kappa shape index (κ1) is 46.9. The van der Waals surface area contributed by atoms with Gasteiger partial charge in [0, 0.05) is 33.6 Å². The lowest BCUT2D eigenvalue weighted by molar-refractivity contribution is 0.332. The molecule has 0 saturated heterocycles. The van der Waals surface area contributed by atoms with Gasteiger partial charge in [-0.1, -0.05) is 153 Å². The first-order valence-electron chi connectivity index (χ1n) is 26.7. The van der Waals surface area contributed by atoms with Crippen LogP contribution in [0.3, 0.4) is 0 Å². The standard InChI is InChI=1S/C64H81BN2OSi/c1-38-30-39(58(2,3)4)20-23-50(38)67-53-33-41(69(17,18)19)32-52-56(53)65(55-42-34-45-48(37-54(42)68-57(55)67)64(15,16)29-26-61(45,9)10)49-35-46-47(63(13,14)28-27-62(46,11)12)36-51(49)66(52)40-21-22-43-44(31-40)60(7,8)25-24-59(43,5)6/h20-23,30-37H,24-29H2,1-19H3. The fraction of sp³-hybridized carbons (Fsp3) is 0.500. The predicted octanol–water partition coefficient (Wildman–Crippen LogP) is 15.7. The van der Waals surface area contributed by atoms with E-state index in [4.69, 9.17) is 4.42 Å². The molecule has 0 atom stereocenters. The first-order chi connectivity index (χ1) is 31.8. The van der Waals surface area contributed by atoms with Gasteiger partial charge in [0.1, 0.15) is 5.58 Å². The summed E-state index contributed by atoms with van der Waals surface area (Å²) < 4.78 is 7.66. The van der Waals surface area contributed by atoms with Crippen molar-refractivity contribution in [3.63, 3.8) is 0 Å². The van der Waals surface area contributed by atoms with Crippen LogP contribution in [0.4, 0.5) is 34.3 Å². The SMILES string of the molecule is Cc1cc(C(C)(C)C)ccc1N1c2cc([Si](C)(C)C)cc3c2B(c2cc4c(cc2N3c2ccc3c(c2)C(C)(C)CCC3(C)C)C(C)(C)CCC4(C)C)c2c1oc1cc3c(cc21)C(C)(C)CCC3(C)C. The Kier molecular flexibility index (Phi) is 9.75. The molecule has 0 radical (unpaired) electrons. The topological polar surface area (TPSA) is 19.6 Å². The molecule has 3 heterocycles. The van der Waals surface area contributed by atoms with E-state index in [2.05, 4.69) is 213 Å². The molecule has 3 nitrogen and oxygen atoms in total. The molecule has 0 unspecified atom stereocenters. The Hall–Kier alpha value is -4.48. The van der Waals surface area contributed by atoms with Gasteiger partial charge in [-0.2, -0.15) is 0 Å². The Bertz CT molecular complexity index is 3180. The molecular weight excluding hydrogens is 852 g/mol. The molecule has 0 bridgehead atoms. The molecular formula is C64H81BN2OSi. The van der Waals surface area contributed by atoms with E-state index in [0.717, 1.165) is 11.5 Å². The van der Waals surface area contributed by atoms with Gasteiger partial charge >= 0.3 is 0 Å². The van der Waals surface area contributed by atoms with Crippen molar-refractivity contribution < 1.29 is 4.42 Å². The van der Waals surface area contributed by atoms with E-state index in [0.29, 0.717) is 0 Å². The van der Waals surface area contributed by atoms with Crippen molar-refractivity contribution in [3.05, 3.63) is 117 Å². The molecule has 0 N–H and O–H groups in total. The monoisotopic (exact) mass is 933 g/mol. The second-order valence-corrected chi connectivity index (χ2v) is 33.8. The molecule has 0 saturated carbocycles. The highest BCUT2D eigenvalue weighted by molar-refractivity contribution is 7.02. The van der Waals surface area contributed by atoms with Gasteiger partial charge in [-0.05, 0) is 187 Å². The number of nitrogens with zero attached hydrogens (tertiary/aromatic N) is 2. The number of anilines is 6. The van der Waals surface area contributed by atoms with E-state index in [9.17, 15) is 0 Å². The third kappa shape index (κ3) is 6.91. The van der Waals surface area contributed by atoms with Gasteiger partial charge in [-0.25, -0.2) is 0 Å². The number of hydrogen-bond donors (Lipinski definition) is 0. The number of rotatable bonds is 3. The summed E-state index contributed by atoms with van der Waals surface area (Å²) in [4.78, 5) is 5.33. The Labute approximate surface area is 418 Å². The van der Waals surface area contributed by atoms with E-state index in [-0.39, 0.29) is 44.6 Å². The van der Waals surface area contributed by atoms with Crippen LogP contribution in [-0.2, 0) is 37.9 Å². The van der Waals surface area contributed by atoms with E-state index in [1.807, 2.05) is 0 Å². The molecule has 5 aliphatic rings. The molecule has 6 aromatic rings. The third-order valence-corrected chi connectivity index (χ3v) is 20.9. The van der Waals surface area contributed by atoms with Gasteiger partial charge in [-0.3, -0.25) is 4.90 Å². The summed E-state index contributed by atoms with van der Waals surface area (Å²) in [6.45, 7) is 46.6. The zero-order valence-electron chi connectivity index (χ0n) is 46.1. The molecule has 360 valence electrons. The fourth-order valence-electron chi connectivity index (χ4n) is 13.7. The van der Waals surface area contributed by atoms with Crippen molar-refractivity contribution >= 4 is 81.7 Å². The summed E-state index contributed by atoms with van der Waals surface area (Å²) in [5.41, 5.74) is 23.6. The van der Waals surface area contributed by atoms with Crippen molar-refractivity contribution in [2.75, 3.05) is 9.80 Å². The lowest BCUT2D eigenvalue weighted by Crippen LogP contribution is -2.62. The number of fused-ring (bicyclic) bond motifs is 9. The molecule has 5 aromatic carbocycles. The van der Waals surface area contributed by atoms with Gasteiger partial charge in [-0.15, -0.1) is 0 Å². The number of furan rings is 1. The van der Waals surface area contributed by atoms with Gasteiger partial charge in [0.15, 0.2) is 0 Å². The molecule has 5 heteroatoms. The number of aryl methyl sites for hydroxylation is 1. The molecule has 0 fully saturated rings.